The van der Waals surface area contributed by atoms with E-state index in [9.17, 15) is 17.3 Å². The van der Waals surface area contributed by atoms with Crippen molar-refractivity contribution in [3.05, 3.63) is 48.6 Å². The molecule has 0 unspecified atom stereocenters. The predicted molar refractivity (Wildman–Crippen MR) is 83.7 cm³/mol. The van der Waals surface area contributed by atoms with E-state index in [1.54, 1.807) is 0 Å². The number of allylic oxidation sites excluding steroid dienone is 8. The maximum Gasteiger partial charge on any atom is 0.673 e. The van der Waals surface area contributed by atoms with Gasteiger partial charge in [0.2, 0.25) is 0 Å². The Morgan fingerprint density at radius 3 is 0.591 bits per heavy atom. The zero-order valence-electron chi connectivity index (χ0n) is 12.7. The third-order valence-electron chi connectivity index (χ3n) is 2.67. The van der Waals surface area contributed by atoms with E-state index in [0.717, 1.165) is 0 Å². The first-order chi connectivity index (χ1) is 10.0. The van der Waals surface area contributed by atoms with Crippen molar-refractivity contribution in [2.24, 2.45) is 0 Å². The molecule has 0 spiro atoms. The molecule has 22 heavy (non-hydrogen) atoms. The summed E-state index contributed by atoms with van der Waals surface area (Å²) in [4.78, 5) is 0. The largest absolute Gasteiger partial charge is 0.673 e. The molecule has 0 aromatic heterocycles. The molecule has 0 heterocycles. The van der Waals surface area contributed by atoms with Gasteiger partial charge in [0.05, 0.1) is 0 Å². The average Bonchev–Trinajstić information content (AvgIpc) is 2.24. The van der Waals surface area contributed by atoms with Gasteiger partial charge in [-0.2, -0.15) is 0 Å². The van der Waals surface area contributed by atoms with Gasteiger partial charge in [0.15, 0.2) is 0 Å². The van der Waals surface area contributed by atoms with Gasteiger partial charge in [-0.3, -0.25) is 0 Å². The SMILES string of the molecule is C1=CCC/C=C\CC1.C1=CCC/C=C\CC1.F[B-](F)(F)F.[Rh]. The quantitative estimate of drug-likeness (QED) is 0.240. The van der Waals surface area contributed by atoms with Crippen molar-refractivity contribution in [3.8, 4) is 0 Å². The second kappa shape index (κ2) is 16.7. The van der Waals surface area contributed by atoms with Gasteiger partial charge in [-0.1, -0.05) is 48.6 Å². The molecule has 1 radical (unpaired) electrons. The van der Waals surface area contributed by atoms with Crippen LogP contribution in [0, 0.1) is 0 Å². The molecule has 0 atom stereocenters. The zero-order valence-corrected chi connectivity index (χ0v) is 14.3. The number of rotatable bonds is 0. The molecule has 0 aromatic rings. The minimum atomic E-state index is -6.00. The van der Waals surface area contributed by atoms with Crippen LogP contribution >= 0.6 is 0 Å². The van der Waals surface area contributed by atoms with Crippen molar-refractivity contribution in [3.63, 3.8) is 0 Å². The van der Waals surface area contributed by atoms with Crippen LogP contribution in [-0.2, 0) is 19.5 Å². The molecule has 2 rings (SSSR count). The fourth-order valence-electron chi connectivity index (χ4n) is 1.71. The van der Waals surface area contributed by atoms with Crippen molar-refractivity contribution in [1.82, 2.24) is 0 Å². The summed E-state index contributed by atoms with van der Waals surface area (Å²) in [7, 11) is -6.00. The van der Waals surface area contributed by atoms with Crippen molar-refractivity contribution >= 4 is 7.25 Å². The molecule has 0 saturated heterocycles. The minimum Gasteiger partial charge on any atom is -0.418 e. The van der Waals surface area contributed by atoms with E-state index in [-0.39, 0.29) is 19.5 Å². The zero-order chi connectivity index (χ0) is 15.8. The van der Waals surface area contributed by atoms with Gasteiger partial charge in [0.1, 0.15) is 0 Å². The number of hydrogen-bond acceptors (Lipinski definition) is 0. The molecule has 0 fully saturated rings. The molecule has 6 heteroatoms. The Kier molecular flexibility index (Phi) is 18.0. The maximum absolute atomic E-state index is 9.75. The second-order valence-electron chi connectivity index (χ2n) is 4.69. The molecule has 0 bridgehead atoms. The topological polar surface area (TPSA) is 0 Å². The van der Waals surface area contributed by atoms with Crippen LogP contribution in [0.2, 0.25) is 0 Å². The molecular formula is C16H24BF4Rh-. The van der Waals surface area contributed by atoms with Crippen LogP contribution in [0.25, 0.3) is 0 Å². The summed E-state index contributed by atoms with van der Waals surface area (Å²) in [5.74, 6) is 0. The van der Waals surface area contributed by atoms with Crippen molar-refractivity contribution in [1.29, 1.82) is 0 Å². The first-order valence-electron chi connectivity index (χ1n) is 7.47. The first kappa shape index (κ1) is 23.6. The molecule has 2 aliphatic rings. The maximum atomic E-state index is 9.75. The summed E-state index contributed by atoms with van der Waals surface area (Å²) in [6, 6.07) is 0. The van der Waals surface area contributed by atoms with Crippen LogP contribution < -0.4 is 0 Å². The van der Waals surface area contributed by atoms with E-state index < -0.39 is 7.25 Å². The molecule has 0 amide bonds. The minimum absolute atomic E-state index is 0. The van der Waals surface area contributed by atoms with E-state index >= 15 is 0 Å². The van der Waals surface area contributed by atoms with E-state index in [1.165, 1.54) is 51.4 Å². The Morgan fingerprint density at radius 1 is 0.409 bits per heavy atom. The molecule has 2 aliphatic carbocycles. The van der Waals surface area contributed by atoms with Gasteiger partial charge >= 0.3 is 7.25 Å². The summed E-state index contributed by atoms with van der Waals surface area (Å²) in [5, 5.41) is 0. The van der Waals surface area contributed by atoms with E-state index in [1.807, 2.05) is 0 Å². The van der Waals surface area contributed by atoms with E-state index in [0.29, 0.717) is 0 Å². The third-order valence-corrected chi connectivity index (χ3v) is 2.67. The molecule has 129 valence electrons. The Hall–Kier alpha value is -0.632. The summed E-state index contributed by atoms with van der Waals surface area (Å²) in [6.45, 7) is 0. The molecule has 0 N–H and O–H groups in total. The van der Waals surface area contributed by atoms with Crippen LogP contribution in [0.1, 0.15) is 51.4 Å². The smallest absolute Gasteiger partial charge is 0.418 e. The van der Waals surface area contributed by atoms with E-state index in [2.05, 4.69) is 48.6 Å². The normalized spacial score (nSPS) is 20.2. The van der Waals surface area contributed by atoms with Gasteiger partial charge in [-0.25, -0.2) is 0 Å². The Bertz CT molecular complexity index is 261. The predicted octanol–water partition coefficient (Wildman–Crippen LogP) is 6.64. The van der Waals surface area contributed by atoms with Crippen LogP contribution in [-0.4, -0.2) is 7.25 Å². The molecular weight excluding hydrogens is 382 g/mol. The van der Waals surface area contributed by atoms with E-state index in [4.69, 9.17) is 0 Å². The van der Waals surface area contributed by atoms with Crippen LogP contribution in [0.3, 0.4) is 0 Å². The summed E-state index contributed by atoms with van der Waals surface area (Å²) < 4.78 is 39.0. The van der Waals surface area contributed by atoms with Crippen molar-refractivity contribution < 1.29 is 36.7 Å². The monoisotopic (exact) mass is 406 g/mol. The fourth-order valence-corrected chi connectivity index (χ4v) is 1.71. The van der Waals surface area contributed by atoms with Gasteiger partial charge in [-0.05, 0) is 51.4 Å². The summed E-state index contributed by atoms with van der Waals surface area (Å²) in [6.07, 6.45) is 28.0. The van der Waals surface area contributed by atoms with Crippen LogP contribution in [0.4, 0.5) is 17.3 Å². The van der Waals surface area contributed by atoms with Crippen LogP contribution in [0.5, 0.6) is 0 Å². The molecule has 0 saturated carbocycles. The van der Waals surface area contributed by atoms with Gasteiger partial charge in [-0.15, -0.1) is 0 Å². The average molecular weight is 406 g/mol. The van der Waals surface area contributed by atoms with Gasteiger partial charge in [0, 0.05) is 19.5 Å². The number of halogens is 4. The Labute approximate surface area is 144 Å². The number of hydrogen-bond donors (Lipinski definition) is 0. The van der Waals surface area contributed by atoms with Gasteiger partial charge in [0.25, 0.3) is 0 Å². The summed E-state index contributed by atoms with van der Waals surface area (Å²) >= 11 is 0. The molecule has 0 nitrogen and oxygen atoms in total. The Morgan fingerprint density at radius 2 is 0.500 bits per heavy atom. The van der Waals surface area contributed by atoms with Crippen LogP contribution in [0.15, 0.2) is 48.6 Å². The second-order valence-corrected chi connectivity index (χ2v) is 4.69. The molecule has 0 aliphatic heterocycles. The first-order valence-corrected chi connectivity index (χ1v) is 7.47. The van der Waals surface area contributed by atoms with Gasteiger partial charge < -0.3 is 17.3 Å². The fraction of sp³-hybridized carbons (Fsp3) is 0.500. The standard InChI is InChI=1S/2C8H12.BF4.Rh/c2*1-2-4-6-8-7-5-3-1;2-1(3,4)5;/h2*1-2,7-8H,3-6H2;;/q;;-1;/b2*2-1-,8-7?;;. The third kappa shape index (κ3) is 27.7. The summed E-state index contributed by atoms with van der Waals surface area (Å²) in [5.41, 5.74) is 0. The van der Waals surface area contributed by atoms with Crippen molar-refractivity contribution in [2.45, 2.75) is 51.4 Å². The van der Waals surface area contributed by atoms with Crippen molar-refractivity contribution in [2.75, 3.05) is 0 Å². The molecule has 0 aromatic carbocycles. The Balaban J connectivity index is 0.